The van der Waals surface area contributed by atoms with Gasteiger partial charge in [0, 0.05) is 24.7 Å². The molecule has 1 aliphatic heterocycles. The molecule has 1 aromatic rings. The normalized spacial score (nSPS) is 29.9. The van der Waals surface area contributed by atoms with E-state index in [1.54, 1.807) is 0 Å². The lowest BCUT2D eigenvalue weighted by molar-refractivity contribution is -0.385. The van der Waals surface area contributed by atoms with Crippen LogP contribution in [0, 0.1) is 15.9 Å². The lowest BCUT2D eigenvalue weighted by Gasteiger charge is -2.39. The first-order chi connectivity index (χ1) is 10.9. The van der Waals surface area contributed by atoms with Crippen LogP contribution in [0.4, 0.5) is 14.6 Å². The number of hydrogen-bond acceptors (Lipinski definition) is 5. The predicted molar refractivity (Wildman–Crippen MR) is 80.0 cm³/mol. The molecule has 0 saturated heterocycles. The summed E-state index contributed by atoms with van der Waals surface area (Å²) in [6, 6.07) is 3.16. The Balaban J connectivity index is 2.23. The van der Waals surface area contributed by atoms with Crippen molar-refractivity contribution in [2.75, 3.05) is 7.05 Å². The Kier molecular flexibility index (Phi) is 3.78. The Morgan fingerprint density at radius 1 is 1.57 bits per heavy atom. The molecule has 1 N–H and O–H groups in total. The topological polar surface area (TPSA) is 87.8 Å². The fraction of sp³-hybridized carbons (Fsp3) is 0.462. The first kappa shape index (κ1) is 15.8. The van der Waals surface area contributed by atoms with Gasteiger partial charge in [-0.25, -0.2) is 13.6 Å². The fourth-order valence-electron chi connectivity index (χ4n) is 3.30. The molecular weight excluding hydrogens is 330 g/mol. The second-order valence-corrected chi connectivity index (χ2v) is 7.20. The van der Waals surface area contributed by atoms with Crippen LogP contribution in [0.2, 0.25) is 0 Å². The second-order valence-electron chi connectivity index (χ2n) is 5.53. The van der Waals surface area contributed by atoms with Gasteiger partial charge in [0.25, 0.3) is 5.69 Å². The number of non-ortho nitro benzene ring substituents is 1. The summed E-state index contributed by atoms with van der Waals surface area (Å²) >= 11 is 0. The number of benzene rings is 1. The molecule has 1 aromatic carbocycles. The van der Waals surface area contributed by atoms with Gasteiger partial charge in [0.1, 0.15) is 22.3 Å². The van der Waals surface area contributed by atoms with E-state index in [0.717, 1.165) is 22.5 Å². The summed E-state index contributed by atoms with van der Waals surface area (Å²) in [7, 11) is -0.198. The molecule has 7 nitrogen and oxygen atoms in total. The standard InChI is InChI=1S/C13H14F2N4O3S/c1-18-12(17-15)16-13(6-2-3-11(13)23(18)22)9-7-8(19(20)21)4-5-10(9)14/h4-5,7,11H,2-3,6H2,1H3,(H,16,17). The maximum absolute atomic E-state index is 14.4. The van der Waals surface area contributed by atoms with Gasteiger partial charge in [-0.1, -0.05) is 0 Å². The van der Waals surface area contributed by atoms with E-state index in [2.05, 4.69) is 4.99 Å². The van der Waals surface area contributed by atoms with Crippen LogP contribution in [0.15, 0.2) is 23.2 Å². The van der Waals surface area contributed by atoms with Gasteiger partial charge in [0.2, 0.25) is 5.96 Å². The van der Waals surface area contributed by atoms with Crippen LogP contribution in [-0.2, 0) is 16.5 Å². The van der Waals surface area contributed by atoms with Crippen molar-refractivity contribution in [2.24, 2.45) is 4.99 Å². The quantitative estimate of drug-likeness (QED) is 0.504. The highest BCUT2D eigenvalue weighted by Crippen LogP contribution is 2.49. The summed E-state index contributed by atoms with van der Waals surface area (Å²) in [4.78, 5) is 14.6. The minimum Gasteiger partial charge on any atom is -0.263 e. The van der Waals surface area contributed by atoms with Crippen LogP contribution in [0.3, 0.4) is 0 Å². The van der Waals surface area contributed by atoms with Gasteiger partial charge in [0.15, 0.2) is 0 Å². The maximum atomic E-state index is 14.4. The van der Waals surface area contributed by atoms with Crippen molar-refractivity contribution in [1.82, 2.24) is 9.84 Å². The zero-order valence-corrected chi connectivity index (χ0v) is 13.0. The van der Waals surface area contributed by atoms with Gasteiger partial charge in [-0.2, -0.15) is 5.54 Å². The maximum Gasteiger partial charge on any atom is 0.270 e. The molecular formula is C13H14F2N4O3S. The molecule has 3 rings (SSSR count). The Morgan fingerprint density at radius 2 is 2.30 bits per heavy atom. The van der Waals surface area contributed by atoms with Gasteiger partial charge in [-0.3, -0.25) is 14.4 Å². The number of fused-ring (bicyclic) bond motifs is 1. The third-order valence-corrected chi connectivity index (χ3v) is 6.21. The van der Waals surface area contributed by atoms with Crippen molar-refractivity contribution in [1.29, 1.82) is 0 Å². The molecule has 1 saturated carbocycles. The van der Waals surface area contributed by atoms with E-state index in [4.69, 9.17) is 0 Å². The van der Waals surface area contributed by atoms with Gasteiger partial charge >= 0.3 is 0 Å². The number of guanidine groups is 1. The zero-order chi connectivity index (χ0) is 16.8. The largest absolute Gasteiger partial charge is 0.270 e. The number of halogens is 2. The highest BCUT2D eigenvalue weighted by molar-refractivity contribution is 7.84. The SMILES string of the molecule is CN1C(NF)=NC2(c3cc([N+](=O)[O-])ccc3F)CCCC2S1=O. The Morgan fingerprint density at radius 3 is 2.96 bits per heavy atom. The number of rotatable bonds is 2. The molecule has 3 unspecified atom stereocenters. The van der Waals surface area contributed by atoms with Crippen molar-refractivity contribution in [3.8, 4) is 0 Å². The van der Waals surface area contributed by atoms with E-state index in [-0.39, 0.29) is 17.2 Å². The minimum absolute atomic E-state index is 0.0107. The molecule has 0 aromatic heterocycles. The van der Waals surface area contributed by atoms with Crippen molar-refractivity contribution >= 4 is 22.6 Å². The molecule has 0 radical (unpaired) electrons. The van der Waals surface area contributed by atoms with Crippen molar-refractivity contribution < 1.29 is 18.0 Å². The summed E-state index contributed by atoms with van der Waals surface area (Å²) in [5.41, 5.74) is -0.180. The van der Waals surface area contributed by atoms with Gasteiger partial charge < -0.3 is 0 Å². The molecule has 1 aliphatic carbocycles. The first-order valence-corrected chi connectivity index (χ1v) is 8.13. The molecule has 1 fully saturated rings. The average Bonchev–Trinajstić information content (AvgIpc) is 2.96. The number of nitro benzene ring substituents is 1. The van der Waals surface area contributed by atoms with Crippen molar-refractivity contribution in [2.45, 2.75) is 30.1 Å². The van der Waals surface area contributed by atoms with Crippen LogP contribution in [-0.4, -0.2) is 31.7 Å². The molecule has 23 heavy (non-hydrogen) atoms. The average molecular weight is 344 g/mol. The number of nitrogens with one attached hydrogen (secondary N) is 1. The van der Waals surface area contributed by atoms with Gasteiger partial charge in [0.05, 0.1) is 10.2 Å². The van der Waals surface area contributed by atoms with E-state index in [1.165, 1.54) is 12.6 Å². The molecule has 124 valence electrons. The van der Waals surface area contributed by atoms with Crippen LogP contribution in [0.1, 0.15) is 24.8 Å². The number of hydrogen-bond donors (Lipinski definition) is 1. The molecule has 1 heterocycles. The Labute approximate surface area is 133 Å². The second kappa shape index (κ2) is 5.52. The summed E-state index contributed by atoms with van der Waals surface area (Å²) in [5.74, 6) is -0.946. The summed E-state index contributed by atoms with van der Waals surface area (Å²) in [6.07, 6.45) is 1.48. The van der Waals surface area contributed by atoms with Crippen LogP contribution in [0.25, 0.3) is 0 Å². The minimum atomic E-state index is -1.62. The molecule has 0 spiro atoms. The highest BCUT2D eigenvalue weighted by atomic mass is 32.2. The monoisotopic (exact) mass is 344 g/mol. The Hall–Kier alpha value is -2.10. The first-order valence-electron chi connectivity index (χ1n) is 6.96. The van der Waals surface area contributed by atoms with E-state index < -0.39 is 32.5 Å². The number of nitrogens with zero attached hydrogens (tertiary/aromatic N) is 3. The van der Waals surface area contributed by atoms with E-state index in [9.17, 15) is 23.2 Å². The lowest BCUT2D eigenvalue weighted by atomic mass is 9.87. The van der Waals surface area contributed by atoms with Crippen LogP contribution in [0.5, 0.6) is 0 Å². The van der Waals surface area contributed by atoms with Gasteiger partial charge in [-0.15, -0.1) is 4.48 Å². The lowest BCUT2D eigenvalue weighted by Crippen LogP contribution is -2.52. The van der Waals surface area contributed by atoms with Crippen LogP contribution < -0.4 is 5.54 Å². The van der Waals surface area contributed by atoms with Gasteiger partial charge in [-0.05, 0) is 25.3 Å². The summed E-state index contributed by atoms with van der Waals surface area (Å²) in [5, 5.41) is 10.4. The van der Waals surface area contributed by atoms with E-state index in [0.29, 0.717) is 19.3 Å². The van der Waals surface area contributed by atoms with E-state index in [1.807, 2.05) is 0 Å². The number of aliphatic imine (C=N–C) groups is 1. The fourth-order valence-corrected chi connectivity index (χ4v) is 4.92. The van der Waals surface area contributed by atoms with Crippen molar-refractivity contribution in [3.63, 3.8) is 0 Å². The third kappa shape index (κ3) is 2.28. The zero-order valence-electron chi connectivity index (χ0n) is 12.2. The van der Waals surface area contributed by atoms with E-state index >= 15 is 0 Å². The smallest absolute Gasteiger partial charge is 0.263 e. The predicted octanol–water partition coefficient (Wildman–Crippen LogP) is 1.92. The molecule has 0 bridgehead atoms. The van der Waals surface area contributed by atoms with Crippen LogP contribution >= 0.6 is 0 Å². The number of nitro groups is 1. The Bertz CT molecular complexity index is 729. The van der Waals surface area contributed by atoms with Crippen molar-refractivity contribution in [3.05, 3.63) is 39.7 Å². The molecule has 3 atom stereocenters. The highest BCUT2D eigenvalue weighted by Gasteiger charge is 2.53. The molecule has 0 amide bonds. The summed E-state index contributed by atoms with van der Waals surface area (Å²) < 4.78 is 41.1. The molecule has 10 heteroatoms. The third-order valence-electron chi connectivity index (χ3n) is 4.39. The molecule has 2 aliphatic rings. The summed E-state index contributed by atoms with van der Waals surface area (Å²) in [6.45, 7) is 0.